The van der Waals surface area contributed by atoms with Crippen molar-refractivity contribution in [3.05, 3.63) is 15.9 Å². The molecule has 1 aromatic rings. The minimum atomic E-state index is -1.13. The van der Waals surface area contributed by atoms with Crippen LogP contribution in [0.1, 0.15) is 22.6 Å². The second-order valence-corrected chi connectivity index (χ2v) is 4.49. The van der Waals surface area contributed by atoms with Crippen LogP contribution in [0.3, 0.4) is 0 Å². The van der Waals surface area contributed by atoms with E-state index >= 15 is 0 Å². The maximum Gasteiger partial charge on any atom is 0.407 e. The molecule has 2 rings (SSSR count). The summed E-state index contributed by atoms with van der Waals surface area (Å²) in [6.07, 6.45) is -0.393. The highest BCUT2D eigenvalue weighted by Gasteiger charge is 2.26. The minimum Gasteiger partial charge on any atom is -0.476 e. The van der Waals surface area contributed by atoms with Crippen molar-refractivity contribution in [1.29, 1.82) is 0 Å². The van der Waals surface area contributed by atoms with Crippen molar-refractivity contribution in [1.82, 2.24) is 14.7 Å². The van der Waals surface area contributed by atoms with Crippen molar-refractivity contribution in [2.45, 2.75) is 19.5 Å². The van der Waals surface area contributed by atoms with E-state index < -0.39 is 12.1 Å². The van der Waals surface area contributed by atoms with E-state index in [4.69, 9.17) is 10.2 Å². The maximum absolute atomic E-state index is 10.9. The summed E-state index contributed by atoms with van der Waals surface area (Å²) in [5.41, 5.74) is 0.509. The summed E-state index contributed by atoms with van der Waals surface area (Å²) in [5, 5.41) is 21.8. The summed E-state index contributed by atoms with van der Waals surface area (Å²) in [6, 6.07) is 0. The number of amides is 1. The smallest absolute Gasteiger partial charge is 0.407 e. The summed E-state index contributed by atoms with van der Waals surface area (Å²) in [7, 11) is 0. The molecule has 0 saturated carbocycles. The second kappa shape index (κ2) is 4.36. The average molecular weight is 304 g/mol. The summed E-state index contributed by atoms with van der Waals surface area (Å²) >= 11 is 3.17. The SMILES string of the molecule is O=C(O)c1nn2c(c1Br)CN(C(=O)O)CCC2. The van der Waals surface area contributed by atoms with Crippen LogP contribution >= 0.6 is 15.9 Å². The fourth-order valence-electron chi connectivity index (χ4n) is 1.78. The molecular weight excluding hydrogens is 294 g/mol. The topological polar surface area (TPSA) is 95.7 Å². The van der Waals surface area contributed by atoms with E-state index in [1.165, 1.54) is 4.90 Å². The highest BCUT2D eigenvalue weighted by molar-refractivity contribution is 9.10. The summed E-state index contributed by atoms with van der Waals surface area (Å²) in [4.78, 5) is 23.1. The third kappa shape index (κ3) is 2.12. The van der Waals surface area contributed by atoms with Crippen LogP contribution in [-0.4, -0.2) is 43.5 Å². The summed E-state index contributed by atoms with van der Waals surface area (Å²) < 4.78 is 1.91. The summed E-state index contributed by atoms with van der Waals surface area (Å²) in [5.74, 6) is -1.13. The van der Waals surface area contributed by atoms with E-state index in [1.807, 2.05) is 0 Å². The van der Waals surface area contributed by atoms with Crippen LogP contribution < -0.4 is 0 Å². The molecule has 1 aliphatic heterocycles. The molecule has 1 aliphatic rings. The zero-order chi connectivity index (χ0) is 12.6. The van der Waals surface area contributed by atoms with Crippen molar-refractivity contribution < 1.29 is 19.8 Å². The largest absolute Gasteiger partial charge is 0.476 e. The van der Waals surface area contributed by atoms with Crippen LogP contribution in [0.5, 0.6) is 0 Å². The fourth-order valence-corrected chi connectivity index (χ4v) is 2.36. The number of fused-ring (bicyclic) bond motifs is 1. The molecule has 92 valence electrons. The Bertz CT molecular complexity index is 485. The zero-order valence-corrected chi connectivity index (χ0v) is 10.3. The molecule has 0 bridgehead atoms. The number of halogens is 1. The Kier molecular flexibility index (Phi) is 3.05. The molecule has 8 heteroatoms. The van der Waals surface area contributed by atoms with Crippen molar-refractivity contribution in [3.8, 4) is 0 Å². The lowest BCUT2D eigenvalue weighted by Crippen LogP contribution is -2.29. The Morgan fingerprint density at radius 2 is 2.00 bits per heavy atom. The number of carboxylic acids is 1. The molecule has 0 spiro atoms. The van der Waals surface area contributed by atoms with Crippen LogP contribution in [-0.2, 0) is 13.1 Å². The van der Waals surface area contributed by atoms with Crippen LogP contribution in [0.2, 0.25) is 0 Å². The van der Waals surface area contributed by atoms with Gasteiger partial charge in [0.15, 0.2) is 5.69 Å². The van der Waals surface area contributed by atoms with Gasteiger partial charge in [0.1, 0.15) is 0 Å². The van der Waals surface area contributed by atoms with Crippen molar-refractivity contribution >= 4 is 28.0 Å². The zero-order valence-electron chi connectivity index (χ0n) is 8.76. The van der Waals surface area contributed by atoms with Crippen molar-refractivity contribution in [2.75, 3.05) is 6.54 Å². The van der Waals surface area contributed by atoms with Gasteiger partial charge in [-0.25, -0.2) is 9.59 Å². The van der Waals surface area contributed by atoms with E-state index in [0.29, 0.717) is 29.7 Å². The number of nitrogens with zero attached hydrogens (tertiary/aromatic N) is 3. The molecule has 7 nitrogen and oxygen atoms in total. The highest BCUT2D eigenvalue weighted by Crippen LogP contribution is 2.25. The number of rotatable bonds is 1. The number of carbonyl (C=O) groups is 2. The third-order valence-corrected chi connectivity index (χ3v) is 3.44. The first-order chi connectivity index (χ1) is 8.00. The van der Waals surface area contributed by atoms with Crippen molar-refractivity contribution in [3.63, 3.8) is 0 Å². The van der Waals surface area contributed by atoms with Gasteiger partial charge in [0.25, 0.3) is 0 Å². The summed E-state index contributed by atoms with van der Waals surface area (Å²) in [6.45, 7) is 1.09. The van der Waals surface area contributed by atoms with E-state index in [-0.39, 0.29) is 12.2 Å². The number of carboxylic acid groups (broad SMARTS) is 2. The van der Waals surface area contributed by atoms with Gasteiger partial charge < -0.3 is 15.1 Å². The van der Waals surface area contributed by atoms with Gasteiger partial charge in [0, 0.05) is 13.1 Å². The third-order valence-electron chi connectivity index (χ3n) is 2.61. The lowest BCUT2D eigenvalue weighted by atomic mass is 10.3. The molecule has 17 heavy (non-hydrogen) atoms. The number of hydrogen-bond donors (Lipinski definition) is 2. The predicted octanol–water partition coefficient (Wildman–Crippen LogP) is 1.23. The van der Waals surface area contributed by atoms with Crippen LogP contribution in [0.4, 0.5) is 4.79 Å². The Morgan fingerprint density at radius 3 is 2.59 bits per heavy atom. The molecule has 1 amide bonds. The Morgan fingerprint density at radius 1 is 1.29 bits per heavy atom. The van der Waals surface area contributed by atoms with Gasteiger partial charge in [0.05, 0.1) is 16.7 Å². The molecule has 2 N–H and O–H groups in total. The number of aryl methyl sites for hydroxylation is 1. The molecule has 0 unspecified atom stereocenters. The average Bonchev–Trinajstić information content (AvgIpc) is 2.47. The highest BCUT2D eigenvalue weighted by atomic mass is 79.9. The number of hydrogen-bond acceptors (Lipinski definition) is 3. The minimum absolute atomic E-state index is 0.0766. The van der Waals surface area contributed by atoms with E-state index in [2.05, 4.69) is 21.0 Å². The quantitative estimate of drug-likeness (QED) is 0.813. The Balaban J connectivity index is 2.40. The van der Waals surface area contributed by atoms with Crippen molar-refractivity contribution in [2.24, 2.45) is 0 Å². The van der Waals surface area contributed by atoms with Gasteiger partial charge in [-0.3, -0.25) is 4.68 Å². The molecule has 1 aromatic heterocycles. The van der Waals surface area contributed by atoms with Crippen LogP contribution in [0, 0.1) is 0 Å². The van der Waals surface area contributed by atoms with Gasteiger partial charge in [-0.1, -0.05) is 0 Å². The van der Waals surface area contributed by atoms with Crippen LogP contribution in [0.25, 0.3) is 0 Å². The number of aromatic nitrogens is 2. The molecule has 2 heterocycles. The monoisotopic (exact) mass is 303 g/mol. The van der Waals surface area contributed by atoms with E-state index in [1.54, 1.807) is 4.68 Å². The first-order valence-corrected chi connectivity index (χ1v) is 5.76. The predicted molar refractivity (Wildman–Crippen MR) is 59.9 cm³/mol. The Hall–Kier alpha value is -1.57. The molecule has 0 saturated heterocycles. The second-order valence-electron chi connectivity index (χ2n) is 3.70. The molecule has 0 atom stereocenters. The molecule has 0 aromatic carbocycles. The first-order valence-electron chi connectivity index (χ1n) is 4.97. The molecule has 0 radical (unpaired) electrons. The standard InChI is InChI=1S/C9H10BrN3O4/c10-6-5-4-12(9(16)17)2-1-3-13(5)11-7(6)8(14)15/h1-4H2,(H,14,15)(H,16,17). The number of aromatic carboxylic acids is 1. The van der Waals surface area contributed by atoms with Gasteiger partial charge >= 0.3 is 12.1 Å². The van der Waals surface area contributed by atoms with Crippen LogP contribution in [0.15, 0.2) is 4.47 Å². The normalized spacial score (nSPS) is 15.2. The lowest BCUT2D eigenvalue weighted by molar-refractivity contribution is 0.0688. The Labute approximate surface area is 105 Å². The lowest BCUT2D eigenvalue weighted by Gasteiger charge is -2.15. The van der Waals surface area contributed by atoms with Gasteiger partial charge in [-0.05, 0) is 22.4 Å². The fraction of sp³-hybridized carbons (Fsp3) is 0.444. The van der Waals surface area contributed by atoms with Gasteiger partial charge in [-0.15, -0.1) is 0 Å². The molecule has 0 fully saturated rings. The first kappa shape index (κ1) is 11.9. The van der Waals surface area contributed by atoms with E-state index in [0.717, 1.165) is 0 Å². The maximum atomic E-state index is 10.9. The molecular formula is C9H10BrN3O4. The van der Waals surface area contributed by atoms with Gasteiger partial charge in [0.2, 0.25) is 0 Å². The molecule has 0 aliphatic carbocycles. The van der Waals surface area contributed by atoms with Gasteiger partial charge in [-0.2, -0.15) is 5.10 Å². The van der Waals surface area contributed by atoms with E-state index in [9.17, 15) is 9.59 Å².